The van der Waals surface area contributed by atoms with Crippen LogP contribution < -0.4 is 37.2 Å². The van der Waals surface area contributed by atoms with Crippen LogP contribution in [0.1, 0.15) is 17.5 Å². The molecular formula is C18H14Br2Zr. The monoisotopic (exact) mass is 478 g/mol. The Hall–Kier alpha value is -0.237. The van der Waals surface area contributed by atoms with Gasteiger partial charge >= 0.3 is 126 Å². The summed E-state index contributed by atoms with van der Waals surface area (Å²) in [5.74, 6) is 0. The number of halogens is 2. The van der Waals surface area contributed by atoms with Gasteiger partial charge in [-0.15, -0.1) is 0 Å². The van der Waals surface area contributed by atoms with Gasteiger partial charge in [-0.25, -0.2) is 0 Å². The average Bonchev–Trinajstić information content (AvgIpc) is 3.06. The van der Waals surface area contributed by atoms with E-state index in [1.165, 1.54) is 23.1 Å². The summed E-state index contributed by atoms with van der Waals surface area (Å²) in [6, 6.07) is 15.8. The quantitative estimate of drug-likeness (QED) is 0.391. The molecule has 4 rings (SSSR count). The Balaban J connectivity index is 0.000000807. The van der Waals surface area contributed by atoms with Crippen LogP contribution in [0.4, 0.5) is 0 Å². The second-order valence-electron chi connectivity index (χ2n) is 5.11. The molecule has 0 aliphatic heterocycles. The maximum absolute atomic E-state index is 2.37. The summed E-state index contributed by atoms with van der Waals surface area (Å²) in [5, 5.41) is 0. The van der Waals surface area contributed by atoms with E-state index in [9.17, 15) is 0 Å². The van der Waals surface area contributed by atoms with Gasteiger partial charge in [0.05, 0.1) is 0 Å². The molecule has 0 amide bonds. The van der Waals surface area contributed by atoms with Crippen molar-refractivity contribution in [2.45, 2.75) is 12.8 Å². The number of benzene rings is 2. The maximum Gasteiger partial charge on any atom is -1.00 e. The third-order valence-corrected chi connectivity index (χ3v) is 7.43. The Morgan fingerprint density at radius 1 is 0.857 bits per heavy atom. The molecule has 0 spiro atoms. The normalized spacial score (nSPS) is 13.4. The molecule has 2 aliphatic rings. The van der Waals surface area contributed by atoms with E-state index in [0.717, 1.165) is 6.42 Å². The Morgan fingerprint density at radius 3 is 2.48 bits per heavy atom. The second kappa shape index (κ2) is 7.35. The van der Waals surface area contributed by atoms with Crippen LogP contribution in [0.15, 0.2) is 64.0 Å². The molecule has 2 aliphatic carbocycles. The van der Waals surface area contributed by atoms with Crippen molar-refractivity contribution in [2.24, 2.45) is 0 Å². The molecule has 0 fully saturated rings. The smallest absolute Gasteiger partial charge is 1.00 e. The Bertz CT molecular complexity index is 717. The molecule has 2 aromatic carbocycles. The first-order chi connectivity index (χ1) is 9.42. The van der Waals surface area contributed by atoms with Gasteiger partial charge in [0.1, 0.15) is 0 Å². The molecule has 104 valence electrons. The van der Waals surface area contributed by atoms with Gasteiger partial charge in [-0.2, -0.15) is 0 Å². The average molecular weight is 481 g/mol. The van der Waals surface area contributed by atoms with Crippen LogP contribution in [-0.2, 0) is 29.7 Å². The molecule has 0 radical (unpaired) electrons. The molecule has 0 saturated carbocycles. The largest absolute Gasteiger partial charge is 1.00 e. The maximum atomic E-state index is 2.37. The summed E-state index contributed by atoms with van der Waals surface area (Å²) in [6.07, 6.45) is 9.18. The molecule has 0 nitrogen and oxygen atoms in total. The van der Waals surface area contributed by atoms with Crippen molar-refractivity contribution in [1.29, 1.82) is 0 Å². The van der Waals surface area contributed by atoms with Gasteiger partial charge in [-0.05, 0) is 0 Å². The number of hydrogen-bond donors (Lipinski definition) is 0. The fourth-order valence-corrected chi connectivity index (χ4v) is 6.18. The van der Waals surface area contributed by atoms with Crippen molar-refractivity contribution >= 4 is 3.27 Å². The molecule has 2 aromatic rings. The van der Waals surface area contributed by atoms with Crippen molar-refractivity contribution in [3.63, 3.8) is 0 Å². The van der Waals surface area contributed by atoms with Crippen LogP contribution in [0.3, 0.4) is 0 Å². The summed E-state index contributed by atoms with van der Waals surface area (Å²) < 4.78 is 3.38. The third kappa shape index (κ3) is 3.26. The Kier molecular flexibility index (Phi) is 5.99. The summed E-state index contributed by atoms with van der Waals surface area (Å²) in [4.78, 5) is 0. The van der Waals surface area contributed by atoms with E-state index in [2.05, 4.69) is 60.7 Å². The van der Waals surface area contributed by atoms with Gasteiger partial charge in [-0.1, -0.05) is 0 Å². The van der Waals surface area contributed by atoms with E-state index < -0.39 is 23.2 Å². The van der Waals surface area contributed by atoms with Crippen LogP contribution in [-0.4, -0.2) is 0 Å². The predicted molar refractivity (Wildman–Crippen MR) is 76.2 cm³/mol. The molecule has 0 bridgehead atoms. The van der Waals surface area contributed by atoms with Crippen molar-refractivity contribution in [1.82, 2.24) is 0 Å². The summed E-state index contributed by atoms with van der Waals surface area (Å²) in [5.41, 5.74) is 6.06. The van der Waals surface area contributed by atoms with Crippen molar-refractivity contribution in [3.8, 4) is 11.1 Å². The van der Waals surface area contributed by atoms with Crippen LogP contribution in [0.5, 0.6) is 0 Å². The first-order valence-corrected chi connectivity index (χ1v) is 9.20. The molecule has 0 heterocycles. The van der Waals surface area contributed by atoms with Crippen LogP contribution in [0.25, 0.3) is 11.1 Å². The zero-order valence-electron chi connectivity index (χ0n) is 11.4. The van der Waals surface area contributed by atoms with Gasteiger partial charge in [0, 0.05) is 0 Å². The molecule has 3 heteroatoms. The van der Waals surface area contributed by atoms with Crippen molar-refractivity contribution in [2.75, 3.05) is 0 Å². The fraction of sp³-hybridized carbons (Fsp3) is 0.111. The zero-order valence-corrected chi connectivity index (χ0v) is 17.1. The third-order valence-electron chi connectivity index (χ3n) is 3.92. The zero-order chi connectivity index (χ0) is 12.7. The minimum absolute atomic E-state index is 0. The van der Waals surface area contributed by atoms with E-state index in [4.69, 9.17) is 0 Å². The number of hydrogen-bond acceptors (Lipinski definition) is 0. The molecule has 0 N–H and O–H groups in total. The van der Waals surface area contributed by atoms with E-state index in [0.29, 0.717) is 0 Å². The van der Waals surface area contributed by atoms with Gasteiger partial charge in [0.15, 0.2) is 0 Å². The fourth-order valence-electron chi connectivity index (χ4n) is 2.99. The minimum atomic E-state index is -0.581. The number of fused-ring (bicyclic) bond motifs is 3. The van der Waals surface area contributed by atoms with Crippen LogP contribution in [0.2, 0.25) is 0 Å². The predicted octanol–water partition coefficient (Wildman–Crippen LogP) is -2.18. The molecule has 0 unspecified atom stereocenters. The summed E-state index contributed by atoms with van der Waals surface area (Å²) in [6.45, 7) is 0. The second-order valence-corrected chi connectivity index (χ2v) is 8.63. The first-order valence-electron chi connectivity index (χ1n) is 6.75. The van der Waals surface area contributed by atoms with E-state index in [-0.39, 0.29) is 34.0 Å². The molecular weight excluding hydrogens is 467 g/mol. The van der Waals surface area contributed by atoms with E-state index in [1.54, 1.807) is 12.1 Å². The van der Waals surface area contributed by atoms with Crippen molar-refractivity contribution in [3.05, 3.63) is 75.1 Å². The van der Waals surface area contributed by atoms with Crippen LogP contribution >= 0.6 is 0 Å². The Labute approximate surface area is 158 Å². The SMILES string of the molecule is C1=CC[C]([Zr+2][c]2cccc3c2Cc2ccccc2-3)=C1.[Br-].[Br-]. The summed E-state index contributed by atoms with van der Waals surface area (Å²) >= 11 is -0.581. The van der Waals surface area contributed by atoms with Gasteiger partial charge in [-0.3, -0.25) is 0 Å². The standard InChI is InChI=1S/C13H9.C5H5.2BrH.Zr/c1-3-7-12-10(5-1)9-11-6-2-4-8-13(11)12;1-2-4-5-3-1;;;/h1-5,7-8H,9H2;1-3H,4H2;2*1H;/q;;;;+2/p-2. The molecule has 21 heavy (non-hydrogen) atoms. The Morgan fingerprint density at radius 2 is 1.67 bits per heavy atom. The van der Waals surface area contributed by atoms with Gasteiger partial charge < -0.3 is 34.0 Å². The van der Waals surface area contributed by atoms with Crippen LogP contribution in [0, 0.1) is 0 Å². The molecule has 0 saturated heterocycles. The van der Waals surface area contributed by atoms with E-state index >= 15 is 0 Å². The number of rotatable bonds is 2. The topological polar surface area (TPSA) is 0 Å². The molecule has 0 atom stereocenters. The van der Waals surface area contributed by atoms with Crippen molar-refractivity contribution < 1.29 is 57.2 Å². The first kappa shape index (κ1) is 17.1. The molecule has 0 aromatic heterocycles. The summed E-state index contributed by atoms with van der Waals surface area (Å²) in [7, 11) is 0. The minimum Gasteiger partial charge on any atom is -1.00 e. The van der Waals surface area contributed by atoms with Gasteiger partial charge in [0.2, 0.25) is 0 Å². The number of allylic oxidation sites excluding steroid dienone is 4. The van der Waals surface area contributed by atoms with E-state index in [1.807, 2.05) is 0 Å². The van der Waals surface area contributed by atoms with Gasteiger partial charge in [0.25, 0.3) is 0 Å².